The predicted octanol–water partition coefficient (Wildman–Crippen LogP) is 4.70. The van der Waals surface area contributed by atoms with E-state index in [0.717, 1.165) is 11.3 Å². The van der Waals surface area contributed by atoms with E-state index >= 15 is 0 Å². The number of rotatable bonds is 6. The lowest BCUT2D eigenvalue weighted by molar-refractivity contribution is -0.132. The second kappa shape index (κ2) is 9.54. The van der Waals surface area contributed by atoms with E-state index in [-0.39, 0.29) is 11.3 Å². The zero-order valence-corrected chi connectivity index (χ0v) is 20.4. The van der Waals surface area contributed by atoms with Crippen LogP contribution in [-0.4, -0.2) is 45.1 Å². The van der Waals surface area contributed by atoms with Gasteiger partial charge in [0.15, 0.2) is 11.5 Å². The first-order chi connectivity index (χ1) is 16.8. The average Bonchev–Trinajstić information content (AvgIpc) is 3.13. The van der Waals surface area contributed by atoms with Gasteiger partial charge in [0.05, 0.1) is 25.8 Å². The lowest BCUT2D eigenvalue weighted by Crippen LogP contribution is -2.29. The second-order valence-electron chi connectivity index (χ2n) is 8.56. The third-order valence-corrected chi connectivity index (χ3v) is 6.14. The Morgan fingerprint density at radius 3 is 2.09 bits per heavy atom. The Hall–Kier alpha value is -4.26. The molecule has 1 aliphatic rings. The number of methoxy groups -OCH3 is 2. The number of aryl methyl sites for hydroxylation is 1. The minimum Gasteiger partial charge on any atom is -0.507 e. The van der Waals surface area contributed by atoms with Crippen LogP contribution in [0, 0.1) is 6.92 Å². The summed E-state index contributed by atoms with van der Waals surface area (Å²) >= 11 is 0. The van der Waals surface area contributed by atoms with Gasteiger partial charge in [0.1, 0.15) is 5.76 Å². The molecule has 1 amide bonds. The maximum atomic E-state index is 13.4. The molecule has 1 unspecified atom stereocenters. The van der Waals surface area contributed by atoms with Crippen molar-refractivity contribution in [2.24, 2.45) is 0 Å². The van der Waals surface area contributed by atoms with Gasteiger partial charge in [-0.1, -0.05) is 42.0 Å². The number of ketones is 1. The molecule has 3 aromatic rings. The fourth-order valence-electron chi connectivity index (χ4n) is 4.21. The van der Waals surface area contributed by atoms with Crippen molar-refractivity contribution in [3.63, 3.8) is 0 Å². The molecule has 3 aromatic carbocycles. The van der Waals surface area contributed by atoms with Crippen LogP contribution >= 0.6 is 0 Å². The van der Waals surface area contributed by atoms with E-state index < -0.39 is 17.7 Å². The van der Waals surface area contributed by atoms with Gasteiger partial charge in [0.25, 0.3) is 11.7 Å². The van der Waals surface area contributed by atoms with E-state index in [2.05, 4.69) is 0 Å². The van der Waals surface area contributed by atoms with Crippen LogP contribution < -0.4 is 19.3 Å². The topological polar surface area (TPSA) is 79.3 Å². The highest BCUT2D eigenvalue weighted by atomic mass is 16.5. The lowest BCUT2D eigenvalue weighted by atomic mass is 9.94. The second-order valence-corrected chi connectivity index (χ2v) is 8.56. The van der Waals surface area contributed by atoms with Crippen LogP contribution in [0.5, 0.6) is 11.5 Å². The van der Waals surface area contributed by atoms with Gasteiger partial charge >= 0.3 is 0 Å². The molecular formula is C28H28N2O5. The van der Waals surface area contributed by atoms with Gasteiger partial charge in [0, 0.05) is 37.1 Å². The Bertz CT molecular complexity index is 1290. The fourth-order valence-corrected chi connectivity index (χ4v) is 4.21. The molecule has 0 spiro atoms. The van der Waals surface area contributed by atoms with Gasteiger partial charge in [-0.05, 0) is 36.8 Å². The number of carbonyl (C=O) groups is 2. The Balaban J connectivity index is 1.93. The molecule has 0 radical (unpaired) electrons. The van der Waals surface area contributed by atoms with Gasteiger partial charge in [0.2, 0.25) is 0 Å². The Morgan fingerprint density at radius 2 is 1.51 bits per heavy atom. The predicted molar refractivity (Wildman–Crippen MR) is 136 cm³/mol. The summed E-state index contributed by atoms with van der Waals surface area (Å²) in [6.07, 6.45) is 0. The van der Waals surface area contributed by atoms with Gasteiger partial charge in [-0.2, -0.15) is 0 Å². The average molecular weight is 473 g/mol. The van der Waals surface area contributed by atoms with Crippen molar-refractivity contribution < 1.29 is 24.2 Å². The standard InChI is InChI=1S/C28H28N2O5/c1-17-6-8-19(9-7-17)26(31)24-25(18-10-12-20(13-11-18)29(2)3)30(28(33)27(24)32)21-14-15-22(34-4)23(16-21)35-5/h6-16,25,31H,1-5H3/b26-24+. The molecule has 7 nitrogen and oxygen atoms in total. The largest absolute Gasteiger partial charge is 0.507 e. The zero-order valence-electron chi connectivity index (χ0n) is 20.4. The zero-order chi connectivity index (χ0) is 25.3. The number of nitrogens with zero attached hydrogens (tertiary/aromatic N) is 2. The first-order valence-electron chi connectivity index (χ1n) is 11.1. The molecule has 1 atom stereocenters. The van der Waals surface area contributed by atoms with Crippen molar-refractivity contribution in [2.45, 2.75) is 13.0 Å². The molecule has 180 valence electrons. The molecule has 0 bridgehead atoms. The lowest BCUT2D eigenvalue weighted by Gasteiger charge is -2.26. The summed E-state index contributed by atoms with van der Waals surface area (Å²) in [4.78, 5) is 30.1. The number of aliphatic hydroxyl groups is 1. The van der Waals surface area contributed by atoms with Gasteiger partial charge in [-0.15, -0.1) is 0 Å². The number of anilines is 2. The van der Waals surface area contributed by atoms with Crippen molar-refractivity contribution >= 4 is 28.8 Å². The monoisotopic (exact) mass is 472 g/mol. The van der Waals surface area contributed by atoms with Crippen LogP contribution in [0.3, 0.4) is 0 Å². The SMILES string of the molecule is COc1ccc(N2C(=O)C(=O)/C(=C(/O)c3ccc(C)cc3)C2c2ccc(N(C)C)cc2)cc1OC. The van der Waals surface area contributed by atoms with E-state index in [1.54, 1.807) is 30.3 Å². The summed E-state index contributed by atoms with van der Waals surface area (Å²) < 4.78 is 10.7. The number of Topliss-reactive ketones (excluding diaryl/α,β-unsaturated/α-hetero) is 1. The highest BCUT2D eigenvalue weighted by molar-refractivity contribution is 6.51. The van der Waals surface area contributed by atoms with E-state index in [1.807, 2.05) is 62.3 Å². The first-order valence-corrected chi connectivity index (χ1v) is 11.1. The van der Waals surface area contributed by atoms with Gasteiger partial charge in [-0.3, -0.25) is 14.5 Å². The molecule has 1 N–H and O–H groups in total. The molecule has 1 aliphatic heterocycles. The maximum absolute atomic E-state index is 13.4. The molecule has 1 saturated heterocycles. The minimum atomic E-state index is -0.828. The van der Waals surface area contributed by atoms with Crippen molar-refractivity contribution in [1.29, 1.82) is 0 Å². The van der Waals surface area contributed by atoms with Crippen molar-refractivity contribution in [1.82, 2.24) is 0 Å². The molecule has 35 heavy (non-hydrogen) atoms. The summed E-state index contributed by atoms with van der Waals surface area (Å²) in [5, 5.41) is 11.2. The molecule has 4 rings (SSSR count). The molecule has 1 fully saturated rings. The van der Waals surface area contributed by atoms with E-state index in [9.17, 15) is 14.7 Å². The molecule has 0 saturated carbocycles. The van der Waals surface area contributed by atoms with Crippen LogP contribution in [0.1, 0.15) is 22.7 Å². The maximum Gasteiger partial charge on any atom is 0.300 e. The van der Waals surface area contributed by atoms with E-state index in [0.29, 0.717) is 28.3 Å². The number of amides is 1. The van der Waals surface area contributed by atoms with Crippen LogP contribution in [0.2, 0.25) is 0 Å². The highest BCUT2D eigenvalue weighted by Gasteiger charge is 2.47. The summed E-state index contributed by atoms with van der Waals surface area (Å²) in [5.74, 6) is -0.772. The summed E-state index contributed by atoms with van der Waals surface area (Å²) in [6.45, 7) is 1.94. The number of carbonyl (C=O) groups excluding carboxylic acids is 2. The Kier molecular flexibility index (Phi) is 6.51. The molecule has 0 aromatic heterocycles. The van der Waals surface area contributed by atoms with Gasteiger partial charge < -0.3 is 19.5 Å². The van der Waals surface area contributed by atoms with Crippen LogP contribution in [-0.2, 0) is 9.59 Å². The number of benzene rings is 3. The summed E-state index contributed by atoms with van der Waals surface area (Å²) in [5.41, 5.74) is 3.63. The van der Waals surface area contributed by atoms with Gasteiger partial charge in [-0.25, -0.2) is 0 Å². The first kappa shape index (κ1) is 23.9. The highest BCUT2D eigenvalue weighted by Crippen LogP contribution is 2.44. The van der Waals surface area contributed by atoms with Crippen molar-refractivity contribution in [3.05, 3.63) is 89.0 Å². The normalized spacial score (nSPS) is 16.9. The van der Waals surface area contributed by atoms with Crippen LogP contribution in [0.25, 0.3) is 5.76 Å². The number of hydrogen-bond acceptors (Lipinski definition) is 6. The minimum absolute atomic E-state index is 0.0336. The molecule has 7 heteroatoms. The number of aliphatic hydroxyl groups excluding tert-OH is 1. The number of ether oxygens (including phenoxy) is 2. The number of hydrogen-bond donors (Lipinski definition) is 1. The Morgan fingerprint density at radius 1 is 0.886 bits per heavy atom. The quantitative estimate of drug-likeness (QED) is 0.318. The van der Waals surface area contributed by atoms with Crippen molar-refractivity contribution in [3.8, 4) is 11.5 Å². The van der Waals surface area contributed by atoms with E-state index in [1.165, 1.54) is 19.1 Å². The molecular weight excluding hydrogens is 444 g/mol. The Labute approximate surface area is 204 Å². The van der Waals surface area contributed by atoms with E-state index in [4.69, 9.17) is 9.47 Å². The third kappa shape index (κ3) is 4.33. The molecule has 0 aliphatic carbocycles. The summed E-state index contributed by atoms with van der Waals surface area (Å²) in [6, 6.07) is 18.9. The van der Waals surface area contributed by atoms with Crippen LogP contribution in [0.4, 0.5) is 11.4 Å². The van der Waals surface area contributed by atoms with Crippen molar-refractivity contribution in [2.75, 3.05) is 38.1 Å². The smallest absolute Gasteiger partial charge is 0.300 e. The van der Waals surface area contributed by atoms with Crippen LogP contribution in [0.15, 0.2) is 72.3 Å². The fraction of sp³-hybridized carbons (Fsp3) is 0.214. The summed E-state index contributed by atoms with van der Waals surface area (Å²) in [7, 11) is 6.90. The molecule has 1 heterocycles. The third-order valence-electron chi connectivity index (χ3n) is 6.14.